The van der Waals surface area contributed by atoms with Gasteiger partial charge in [-0.25, -0.2) is 17.9 Å². The molecular weight excluding hydrogens is 642 g/mol. The number of sulfonamides is 1. The molecular formula is C35H44ClN3O7S. The van der Waals surface area contributed by atoms with Crippen LogP contribution >= 0.6 is 11.6 Å². The van der Waals surface area contributed by atoms with Gasteiger partial charge in [0.2, 0.25) is 0 Å². The standard InChI is InChI=1S/C35H44ClN3O7S/c1-22-32(41)37-47(43,44)26-11-14-31-29(18-26)38(20-35(21-45-31)15-5-7-23-17-25(36)10-13-28(23)35)19-24-9-12-27(24)30(40)8-6-16-39(22)33(42)46-34(2,3)4/h6,8,10-11,13-14,17-18,22,24,27,30,40H,5,7,9,12,15-16,19-21H2,1-4H3,(H,37,41)/b8-6-/t22-,24+,27-,30+,35+/m1/s1. The molecule has 2 aliphatic carbocycles. The van der Waals surface area contributed by atoms with Gasteiger partial charge >= 0.3 is 6.09 Å². The zero-order valence-electron chi connectivity index (χ0n) is 27.4. The first-order chi connectivity index (χ1) is 22.2. The molecule has 0 unspecified atom stereocenters. The van der Waals surface area contributed by atoms with Crippen LogP contribution in [0, 0.1) is 11.8 Å². The molecule has 2 aliphatic heterocycles. The number of hydrogen-bond acceptors (Lipinski definition) is 8. The first kappa shape index (κ1) is 33.6. The summed E-state index contributed by atoms with van der Waals surface area (Å²) >= 11 is 6.39. The largest absolute Gasteiger partial charge is 0.490 e. The minimum absolute atomic E-state index is 0.0252. The summed E-state index contributed by atoms with van der Waals surface area (Å²) in [7, 11) is -4.33. The third kappa shape index (κ3) is 6.85. The Hall–Kier alpha value is -3.28. The third-order valence-corrected chi connectivity index (χ3v) is 11.6. The second-order valence-corrected chi connectivity index (χ2v) is 16.6. The molecule has 0 saturated heterocycles. The van der Waals surface area contributed by atoms with Gasteiger partial charge in [0.05, 0.1) is 23.3 Å². The number of benzene rings is 2. The van der Waals surface area contributed by atoms with Gasteiger partial charge < -0.3 is 19.5 Å². The average molecular weight is 686 g/mol. The predicted molar refractivity (Wildman–Crippen MR) is 179 cm³/mol. The number of rotatable bonds is 0. The number of aliphatic hydroxyl groups excluding tert-OH is 1. The van der Waals surface area contributed by atoms with Crippen LogP contribution in [-0.4, -0.2) is 74.4 Å². The van der Waals surface area contributed by atoms with Crippen molar-refractivity contribution in [3.05, 3.63) is 64.7 Å². The van der Waals surface area contributed by atoms with E-state index in [1.54, 1.807) is 45.1 Å². The Morgan fingerprint density at radius 3 is 2.68 bits per heavy atom. The van der Waals surface area contributed by atoms with Crippen LogP contribution in [-0.2, 0) is 31.4 Å². The summed E-state index contributed by atoms with van der Waals surface area (Å²) in [5.41, 5.74) is 1.85. The molecule has 47 heavy (non-hydrogen) atoms. The molecule has 254 valence electrons. The zero-order chi connectivity index (χ0) is 33.7. The number of carbonyl (C=O) groups excluding carboxylic acids is 2. The molecule has 1 spiro atoms. The van der Waals surface area contributed by atoms with E-state index in [-0.39, 0.29) is 28.7 Å². The van der Waals surface area contributed by atoms with E-state index in [2.05, 4.69) is 15.7 Å². The van der Waals surface area contributed by atoms with Crippen molar-refractivity contribution in [2.24, 2.45) is 11.8 Å². The molecule has 0 aromatic heterocycles. The number of aliphatic hydroxyl groups is 1. The van der Waals surface area contributed by atoms with E-state index in [0.717, 1.165) is 37.0 Å². The van der Waals surface area contributed by atoms with Gasteiger partial charge in [-0.15, -0.1) is 0 Å². The Bertz CT molecular complexity index is 1690. The lowest BCUT2D eigenvalue weighted by Gasteiger charge is -2.45. The first-order valence-corrected chi connectivity index (χ1v) is 18.2. The Morgan fingerprint density at radius 2 is 1.96 bits per heavy atom. The van der Waals surface area contributed by atoms with E-state index in [4.69, 9.17) is 21.1 Å². The van der Waals surface area contributed by atoms with Crippen LogP contribution in [0.4, 0.5) is 10.5 Å². The summed E-state index contributed by atoms with van der Waals surface area (Å²) in [5.74, 6) is -0.201. The molecule has 4 aliphatic rings. The highest BCUT2D eigenvalue weighted by molar-refractivity contribution is 7.90. The number of anilines is 1. The number of aryl methyl sites for hydroxylation is 1. The fraction of sp³-hybridized carbons (Fsp3) is 0.543. The number of halogens is 1. The molecule has 12 heteroatoms. The third-order valence-electron chi connectivity index (χ3n) is 10.0. The number of nitrogens with zero attached hydrogens (tertiary/aromatic N) is 2. The smallest absolute Gasteiger partial charge is 0.411 e. The van der Waals surface area contributed by atoms with Crippen LogP contribution in [0.1, 0.15) is 64.5 Å². The number of amides is 2. The SMILES string of the molecule is C[C@@H]1C(=O)NS(=O)(=O)c2ccc3c(c2)N(C[C@@H]2CC[C@H]2[C@@H](O)/C=C\CN1C(=O)OC(C)(C)C)C[C@@]1(CCCc2cc(Cl)ccc21)CO3. The van der Waals surface area contributed by atoms with Crippen molar-refractivity contribution in [1.29, 1.82) is 0 Å². The van der Waals surface area contributed by atoms with Crippen LogP contribution < -0.4 is 14.4 Å². The molecule has 2 amide bonds. The molecule has 2 bridgehead atoms. The molecule has 1 fully saturated rings. The van der Waals surface area contributed by atoms with Crippen molar-refractivity contribution in [2.75, 3.05) is 31.1 Å². The van der Waals surface area contributed by atoms with Crippen molar-refractivity contribution < 1.29 is 32.6 Å². The molecule has 0 radical (unpaired) electrons. The fourth-order valence-electron chi connectivity index (χ4n) is 7.40. The summed E-state index contributed by atoms with van der Waals surface area (Å²) in [6.07, 6.45) is 6.35. The maximum atomic E-state index is 13.7. The molecule has 2 heterocycles. The molecule has 2 N–H and O–H groups in total. The highest BCUT2D eigenvalue weighted by atomic mass is 35.5. The highest BCUT2D eigenvalue weighted by Gasteiger charge is 2.44. The van der Waals surface area contributed by atoms with E-state index in [1.165, 1.54) is 24.1 Å². The van der Waals surface area contributed by atoms with Gasteiger partial charge in [-0.1, -0.05) is 29.8 Å². The maximum Gasteiger partial charge on any atom is 0.411 e. The Morgan fingerprint density at radius 1 is 1.17 bits per heavy atom. The van der Waals surface area contributed by atoms with Crippen molar-refractivity contribution in [3.8, 4) is 5.75 Å². The van der Waals surface area contributed by atoms with E-state index in [1.807, 2.05) is 12.1 Å². The van der Waals surface area contributed by atoms with Crippen molar-refractivity contribution in [1.82, 2.24) is 9.62 Å². The van der Waals surface area contributed by atoms with Crippen molar-refractivity contribution >= 4 is 39.3 Å². The van der Waals surface area contributed by atoms with E-state index in [9.17, 15) is 23.1 Å². The van der Waals surface area contributed by atoms with Crippen molar-refractivity contribution in [2.45, 2.75) is 87.9 Å². The van der Waals surface area contributed by atoms with E-state index < -0.39 is 39.8 Å². The summed E-state index contributed by atoms with van der Waals surface area (Å²) in [5, 5.41) is 12.0. The lowest BCUT2D eigenvalue weighted by molar-refractivity contribution is -0.123. The Balaban J connectivity index is 1.40. The van der Waals surface area contributed by atoms with Crippen LogP contribution in [0.2, 0.25) is 5.02 Å². The van der Waals surface area contributed by atoms with Crippen LogP contribution in [0.25, 0.3) is 0 Å². The summed E-state index contributed by atoms with van der Waals surface area (Å²) in [6.45, 7) is 8.15. The zero-order valence-corrected chi connectivity index (χ0v) is 28.9. The molecule has 1 saturated carbocycles. The minimum Gasteiger partial charge on any atom is -0.490 e. The second-order valence-electron chi connectivity index (χ2n) is 14.4. The summed E-state index contributed by atoms with van der Waals surface area (Å²) in [4.78, 5) is 29.8. The normalized spacial score (nSPS) is 29.7. The molecule has 10 nitrogen and oxygen atoms in total. The van der Waals surface area contributed by atoms with Crippen LogP contribution in [0.15, 0.2) is 53.4 Å². The summed E-state index contributed by atoms with van der Waals surface area (Å²) < 4.78 is 41.6. The van der Waals surface area contributed by atoms with Crippen LogP contribution in [0.5, 0.6) is 5.75 Å². The maximum absolute atomic E-state index is 13.7. The van der Waals surface area contributed by atoms with Gasteiger partial charge in [0.15, 0.2) is 0 Å². The lowest BCUT2D eigenvalue weighted by atomic mass is 9.68. The number of ether oxygens (including phenoxy) is 2. The number of fused-ring (bicyclic) bond motifs is 4. The molecule has 2 aromatic carbocycles. The Labute approximate surface area is 282 Å². The fourth-order valence-corrected chi connectivity index (χ4v) is 8.66. The first-order valence-electron chi connectivity index (χ1n) is 16.4. The van der Waals surface area contributed by atoms with E-state index >= 15 is 0 Å². The minimum atomic E-state index is -4.33. The molecule has 6 rings (SSSR count). The van der Waals surface area contributed by atoms with Gasteiger partial charge in [0.25, 0.3) is 15.9 Å². The lowest BCUT2D eigenvalue weighted by Crippen LogP contribution is -2.51. The van der Waals surface area contributed by atoms with Gasteiger partial charge in [-0.2, -0.15) is 0 Å². The van der Waals surface area contributed by atoms with E-state index in [0.29, 0.717) is 36.2 Å². The summed E-state index contributed by atoms with van der Waals surface area (Å²) in [6, 6.07) is 9.53. The quantitative estimate of drug-likeness (QED) is 0.363. The molecule has 2 aromatic rings. The molecule has 5 atom stereocenters. The van der Waals surface area contributed by atoms with Gasteiger partial charge in [-0.05, 0) is 113 Å². The highest BCUT2D eigenvalue weighted by Crippen LogP contribution is 2.47. The number of nitrogens with one attached hydrogen (secondary N) is 1. The predicted octanol–water partition coefficient (Wildman–Crippen LogP) is 5.20. The number of hydrogen-bond donors (Lipinski definition) is 2. The average Bonchev–Trinajstić information content (AvgIpc) is 3.12. The Kier molecular flexibility index (Phi) is 9.04. The van der Waals surface area contributed by atoms with Gasteiger partial charge in [0, 0.05) is 30.1 Å². The van der Waals surface area contributed by atoms with Gasteiger partial charge in [-0.3, -0.25) is 9.69 Å². The van der Waals surface area contributed by atoms with Crippen molar-refractivity contribution in [3.63, 3.8) is 0 Å². The second kappa shape index (κ2) is 12.6. The number of carbonyl (C=O) groups is 2. The monoisotopic (exact) mass is 685 g/mol. The van der Waals surface area contributed by atoms with Crippen LogP contribution in [0.3, 0.4) is 0 Å². The topological polar surface area (TPSA) is 125 Å². The van der Waals surface area contributed by atoms with Gasteiger partial charge in [0.1, 0.15) is 17.4 Å².